The summed E-state index contributed by atoms with van der Waals surface area (Å²) in [7, 11) is 0. The number of carbonyl (C=O) groups is 1. The molecule has 0 aromatic heterocycles. The van der Waals surface area contributed by atoms with Crippen LogP contribution in [0.4, 0.5) is 0 Å². The van der Waals surface area contributed by atoms with Crippen molar-refractivity contribution in [3.05, 3.63) is 0 Å². The number of amides is 1. The van der Waals surface area contributed by atoms with Gasteiger partial charge in [0.05, 0.1) is 25.3 Å². The molecule has 0 saturated carbocycles. The van der Waals surface area contributed by atoms with Gasteiger partial charge in [-0.1, -0.05) is 0 Å². The molecule has 2 N–H and O–H groups in total. The van der Waals surface area contributed by atoms with Gasteiger partial charge in [0, 0.05) is 38.6 Å². The van der Waals surface area contributed by atoms with Crippen LogP contribution in [-0.4, -0.2) is 67.7 Å². The van der Waals surface area contributed by atoms with E-state index in [-0.39, 0.29) is 17.9 Å². The molecule has 106 valence electrons. The van der Waals surface area contributed by atoms with Crippen LogP contribution in [0, 0.1) is 17.2 Å². The third kappa shape index (κ3) is 3.90. The molecule has 2 saturated heterocycles. The Kier molecular flexibility index (Phi) is 5.14. The van der Waals surface area contributed by atoms with Gasteiger partial charge in [-0.25, -0.2) is 0 Å². The van der Waals surface area contributed by atoms with Crippen molar-refractivity contribution in [2.45, 2.75) is 18.9 Å². The molecule has 2 heterocycles. The summed E-state index contributed by atoms with van der Waals surface area (Å²) in [5.41, 5.74) is 5.46. The van der Waals surface area contributed by atoms with Crippen LogP contribution in [0.1, 0.15) is 12.8 Å². The molecule has 1 amide bonds. The summed E-state index contributed by atoms with van der Waals surface area (Å²) in [6.45, 7) is 6.05. The predicted molar refractivity (Wildman–Crippen MR) is 70.2 cm³/mol. The number of morpholine rings is 1. The molecule has 0 aliphatic carbocycles. The fourth-order valence-electron chi connectivity index (χ4n) is 2.79. The van der Waals surface area contributed by atoms with Crippen molar-refractivity contribution in [3.63, 3.8) is 0 Å². The lowest BCUT2D eigenvalue weighted by atomic mass is 9.91. The molecule has 2 unspecified atom stereocenters. The Labute approximate surface area is 114 Å². The third-order valence-corrected chi connectivity index (χ3v) is 4.03. The first-order valence-electron chi connectivity index (χ1n) is 6.94. The lowest BCUT2D eigenvalue weighted by Gasteiger charge is -2.37. The van der Waals surface area contributed by atoms with Crippen molar-refractivity contribution >= 4 is 5.91 Å². The summed E-state index contributed by atoms with van der Waals surface area (Å²) in [4.78, 5) is 16.0. The van der Waals surface area contributed by atoms with Crippen molar-refractivity contribution in [3.8, 4) is 6.07 Å². The number of rotatable bonds is 4. The summed E-state index contributed by atoms with van der Waals surface area (Å²) >= 11 is 0. The monoisotopic (exact) mass is 266 g/mol. The SMILES string of the molecule is N#CC1CCN(CCN2CCOCC2)C(C(N)=O)C1. The number of piperidine rings is 1. The van der Waals surface area contributed by atoms with E-state index in [4.69, 9.17) is 15.7 Å². The Morgan fingerprint density at radius 2 is 2.05 bits per heavy atom. The van der Waals surface area contributed by atoms with Crippen LogP contribution in [0.15, 0.2) is 0 Å². The zero-order valence-electron chi connectivity index (χ0n) is 11.3. The van der Waals surface area contributed by atoms with E-state index >= 15 is 0 Å². The molecule has 0 radical (unpaired) electrons. The van der Waals surface area contributed by atoms with Gasteiger partial charge in [0.25, 0.3) is 0 Å². The van der Waals surface area contributed by atoms with Crippen LogP contribution in [-0.2, 0) is 9.53 Å². The van der Waals surface area contributed by atoms with Gasteiger partial charge in [-0.15, -0.1) is 0 Å². The van der Waals surface area contributed by atoms with Crippen molar-refractivity contribution < 1.29 is 9.53 Å². The highest BCUT2D eigenvalue weighted by Crippen LogP contribution is 2.22. The smallest absolute Gasteiger partial charge is 0.234 e. The van der Waals surface area contributed by atoms with Crippen LogP contribution < -0.4 is 5.73 Å². The number of ether oxygens (including phenoxy) is 1. The van der Waals surface area contributed by atoms with E-state index < -0.39 is 0 Å². The van der Waals surface area contributed by atoms with Crippen molar-refractivity contribution in [1.82, 2.24) is 9.80 Å². The van der Waals surface area contributed by atoms with Crippen LogP contribution in [0.2, 0.25) is 0 Å². The standard InChI is InChI=1S/C13H22N4O2/c14-10-11-1-2-17(12(9-11)13(15)18)4-3-16-5-7-19-8-6-16/h11-12H,1-9H2,(H2,15,18). The van der Waals surface area contributed by atoms with E-state index in [2.05, 4.69) is 15.9 Å². The van der Waals surface area contributed by atoms with E-state index in [0.29, 0.717) is 6.42 Å². The highest BCUT2D eigenvalue weighted by molar-refractivity contribution is 5.80. The molecule has 2 rings (SSSR count). The zero-order valence-corrected chi connectivity index (χ0v) is 11.3. The van der Waals surface area contributed by atoms with E-state index in [1.165, 1.54) is 0 Å². The van der Waals surface area contributed by atoms with Gasteiger partial charge in [-0.3, -0.25) is 14.6 Å². The Balaban J connectivity index is 1.83. The summed E-state index contributed by atoms with van der Waals surface area (Å²) in [6, 6.07) is 1.98. The molecule has 0 aromatic rings. The van der Waals surface area contributed by atoms with Crippen molar-refractivity contribution in [2.75, 3.05) is 45.9 Å². The fraction of sp³-hybridized carbons (Fsp3) is 0.846. The third-order valence-electron chi connectivity index (χ3n) is 4.03. The largest absolute Gasteiger partial charge is 0.379 e. The summed E-state index contributed by atoms with van der Waals surface area (Å²) < 4.78 is 5.31. The Morgan fingerprint density at radius 3 is 2.68 bits per heavy atom. The number of nitrogens with two attached hydrogens (primary N) is 1. The fourth-order valence-corrected chi connectivity index (χ4v) is 2.79. The minimum atomic E-state index is -0.304. The van der Waals surface area contributed by atoms with E-state index in [1.54, 1.807) is 0 Å². The lowest BCUT2D eigenvalue weighted by Crippen LogP contribution is -2.52. The molecule has 0 aromatic carbocycles. The molecule has 6 heteroatoms. The van der Waals surface area contributed by atoms with Gasteiger partial charge < -0.3 is 10.5 Å². The predicted octanol–water partition coefficient (Wildman–Crippen LogP) is -0.592. The quantitative estimate of drug-likeness (QED) is 0.735. The number of carbonyl (C=O) groups excluding carboxylic acids is 1. The Hall–Kier alpha value is -1.16. The van der Waals surface area contributed by atoms with E-state index in [1.807, 2.05) is 0 Å². The average Bonchev–Trinajstić information content (AvgIpc) is 2.46. The number of hydrogen-bond acceptors (Lipinski definition) is 5. The Bertz CT molecular complexity index is 349. The molecule has 19 heavy (non-hydrogen) atoms. The first kappa shape index (κ1) is 14.3. The summed E-state index contributed by atoms with van der Waals surface area (Å²) in [5.74, 6) is -0.334. The molecule has 0 spiro atoms. The minimum Gasteiger partial charge on any atom is -0.379 e. The normalized spacial score (nSPS) is 29.8. The van der Waals surface area contributed by atoms with Gasteiger partial charge in [0.1, 0.15) is 0 Å². The van der Waals surface area contributed by atoms with Crippen LogP contribution in [0.3, 0.4) is 0 Å². The second-order valence-electron chi connectivity index (χ2n) is 5.26. The highest BCUT2D eigenvalue weighted by atomic mass is 16.5. The second kappa shape index (κ2) is 6.85. The van der Waals surface area contributed by atoms with Crippen molar-refractivity contribution in [1.29, 1.82) is 5.26 Å². The summed E-state index contributed by atoms with van der Waals surface area (Å²) in [5, 5.41) is 8.97. The Morgan fingerprint density at radius 1 is 1.32 bits per heavy atom. The summed E-state index contributed by atoms with van der Waals surface area (Å²) in [6.07, 6.45) is 1.42. The van der Waals surface area contributed by atoms with Crippen LogP contribution in [0.25, 0.3) is 0 Å². The minimum absolute atomic E-state index is 0.0304. The van der Waals surface area contributed by atoms with Gasteiger partial charge in [-0.05, 0) is 12.8 Å². The van der Waals surface area contributed by atoms with Crippen LogP contribution >= 0.6 is 0 Å². The van der Waals surface area contributed by atoms with E-state index in [9.17, 15) is 4.79 Å². The molecule has 6 nitrogen and oxygen atoms in total. The molecular weight excluding hydrogens is 244 g/mol. The van der Waals surface area contributed by atoms with Crippen molar-refractivity contribution in [2.24, 2.45) is 11.7 Å². The first-order valence-corrected chi connectivity index (χ1v) is 6.94. The molecule has 2 atom stereocenters. The van der Waals surface area contributed by atoms with Gasteiger partial charge >= 0.3 is 0 Å². The maximum absolute atomic E-state index is 11.5. The lowest BCUT2D eigenvalue weighted by molar-refractivity contribution is -0.125. The number of hydrogen-bond donors (Lipinski definition) is 1. The molecule has 0 bridgehead atoms. The van der Waals surface area contributed by atoms with Gasteiger partial charge in [0.2, 0.25) is 5.91 Å². The van der Waals surface area contributed by atoms with E-state index in [0.717, 1.165) is 52.4 Å². The van der Waals surface area contributed by atoms with Gasteiger partial charge in [0.15, 0.2) is 0 Å². The second-order valence-corrected chi connectivity index (χ2v) is 5.26. The van der Waals surface area contributed by atoms with Crippen LogP contribution in [0.5, 0.6) is 0 Å². The zero-order chi connectivity index (χ0) is 13.7. The molecule has 2 fully saturated rings. The molecular formula is C13H22N4O2. The topological polar surface area (TPSA) is 82.6 Å². The number of nitrogens with zero attached hydrogens (tertiary/aromatic N) is 3. The highest BCUT2D eigenvalue weighted by Gasteiger charge is 2.32. The average molecular weight is 266 g/mol. The number of primary amides is 1. The van der Waals surface area contributed by atoms with Gasteiger partial charge in [-0.2, -0.15) is 5.26 Å². The molecule has 2 aliphatic rings. The number of nitriles is 1. The maximum Gasteiger partial charge on any atom is 0.234 e. The first-order chi connectivity index (χ1) is 9.20. The maximum atomic E-state index is 11.5. The molecule has 2 aliphatic heterocycles. The number of likely N-dealkylation sites (tertiary alicyclic amines) is 1.